The van der Waals surface area contributed by atoms with E-state index in [0.29, 0.717) is 6.04 Å². The maximum absolute atomic E-state index is 5.98. The van der Waals surface area contributed by atoms with Crippen molar-refractivity contribution >= 4 is 0 Å². The molecule has 1 atom stereocenters. The van der Waals surface area contributed by atoms with Gasteiger partial charge in [-0.05, 0) is 33.7 Å². The highest BCUT2D eigenvalue weighted by Crippen LogP contribution is 2.38. The molecule has 0 aromatic carbocycles. The first-order valence-corrected chi connectivity index (χ1v) is 5.63. The Morgan fingerprint density at radius 1 is 1.50 bits per heavy atom. The first-order chi connectivity index (χ1) is 6.66. The quantitative estimate of drug-likeness (QED) is 0.684. The van der Waals surface area contributed by atoms with Gasteiger partial charge in [0.15, 0.2) is 0 Å². The molecule has 0 heterocycles. The van der Waals surface area contributed by atoms with Gasteiger partial charge in [0.1, 0.15) is 0 Å². The number of hydrogen-bond acceptors (Lipinski definition) is 2. The molecule has 14 heavy (non-hydrogen) atoms. The van der Waals surface area contributed by atoms with E-state index in [2.05, 4.69) is 25.7 Å². The minimum absolute atomic E-state index is 0.0231. The predicted octanol–water partition coefficient (Wildman–Crippen LogP) is 2.50. The Kier molecular flexibility index (Phi) is 4.14. The Balaban J connectivity index is 2.78. The summed E-state index contributed by atoms with van der Waals surface area (Å²) >= 11 is 0. The van der Waals surface area contributed by atoms with Crippen molar-refractivity contribution in [1.29, 1.82) is 0 Å². The maximum Gasteiger partial charge on any atom is 0.0872 e. The fraction of sp³-hybridized carbons (Fsp3) is 0.833. The van der Waals surface area contributed by atoms with Crippen molar-refractivity contribution in [3.63, 3.8) is 0 Å². The van der Waals surface area contributed by atoms with Gasteiger partial charge >= 0.3 is 0 Å². The molecule has 0 bridgehead atoms. The summed E-state index contributed by atoms with van der Waals surface area (Å²) in [5.41, 5.74) is 1.21. The molecule has 2 heteroatoms. The molecule has 1 rings (SSSR count). The molecule has 0 saturated heterocycles. The van der Waals surface area contributed by atoms with Crippen LogP contribution in [-0.4, -0.2) is 25.3 Å². The molecule has 0 amide bonds. The number of hydrogen-bond donors (Lipinski definition) is 1. The summed E-state index contributed by atoms with van der Waals surface area (Å²) < 4.78 is 5.98. The van der Waals surface area contributed by atoms with Crippen LogP contribution in [0.1, 0.15) is 39.5 Å². The van der Waals surface area contributed by atoms with Gasteiger partial charge in [-0.3, -0.25) is 0 Å². The Labute approximate surface area is 87.7 Å². The molecule has 1 aliphatic rings. The average molecular weight is 197 g/mol. The van der Waals surface area contributed by atoms with Crippen LogP contribution in [0.25, 0.3) is 0 Å². The second-order valence-corrected chi connectivity index (χ2v) is 4.27. The Hall–Kier alpha value is -0.340. The molecule has 0 radical (unpaired) electrons. The topological polar surface area (TPSA) is 21.3 Å². The lowest BCUT2D eigenvalue weighted by molar-refractivity contribution is -0.0512. The summed E-state index contributed by atoms with van der Waals surface area (Å²) in [6.45, 7) is 9.01. The molecule has 0 aromatic rings. The van der Waals surface area contributed by atoms with Crippen molar-refractivity contribution in [3.8, 4) is 0 Å². The van der Waals surface area contributed by atoms with Crippen molar-refractivity contribution in [2.45, 2.75) is 51.2 Å². The van der Waals surface area contributed by atoms with E-state index in [1.54, 1.807) is 0 Å². The third-order valence-electron chi connectivity index (χ3n) is 3.19. The first-order valence-electron chi connectivity index (χ1n) is 5.63. The van der Waals surface area contributed by atoms with Crippen LogP contribution in [0.15, 0.2) is 12.2 Å². The van der Waals surface area contributed by atoms with Crippen LogP contribution in [0.3, 0.4) is 0 Å². The molecule has 0 aromatic heterocycles. The highest BCUT2D eigenvalue weighted by atomic mass is 16.5. The molecular formula is C12H23NO. The van der Waals surface area contributed by atoms with Crippen LogP contribution in [0.4, 0.5) is 0 Å². The summed E-state index contributed by atoms with van der Waals surface area (Å²) in [4.78, 5) is 0. The number of ether oxygens (including phenoxy) is 1. The van der Waals surface area contributed by atoms with Crippen LogP contribution >= 0.6 is 0 Å². The molecule has 0 spiro atoms. The van der Waals surface area contributed by atoms with E-state index >= 15 is 0 Å². The molecule has 2 nitrogen and oxygen atoms in total. The molecule has 82 valence electrons. The van der Waals surface area contributed by atoms with E-state index < -0.39 is 0 Å². The van der Waals surface area contributed by atoms with E-state index in [4.69, 9.17) is 4.74 Å². The van der Waals surface area contributed by atoms with Crippen LogP contribution < -0.4 is 5.32 Å². The smallest absolute Gasteiger partial charge is 0.0872 e. The normalized spacial score (nSPS) is 22.2. The fourth-order valence-corrected chi connectivity index (χ4v) is 2.74. The zero-order chi connectivity index (χ0) is 10.6. The minimum atomic E-state index is 0.0231. The van der Waals surface area contributed by atoms with E-state index in [1.165, 1.54) is 31.3 Å². The Morgan fingerprint density at radius 3 is 2.43 bits per heavy atom. The van der Waals surface area contributed by atoms with Crippen molar-refractivity contribution in [2.24, 2.45) is 0 Å². The predicted molar refractivity (Wildman–Crippen MR) is 60.5 cm³/mol. The monoisotopic (exact) mass is 197 g/mol. The molecule has 1 fully saturated rings. The van der Waals surface area contributed by atoms with Gasteiger partial charge in [-0.15, -0.1) is 0 Å². The molecular weight excluding hydrogens is 174 g/mol. The van der Waals surface area contributed by atoms with Gasteiger partial charge < -0.3 is 10.1 Å². The Morgan fingerprint density at radius 2 is 2.07 bits per heavy atom. The van der Waals surface area contributed by atoms with Crippen LogP contribution in [-0.2, 0) is 4.74 Å². The number of nitrogens with one attached hydrogen (secondary N) is 1. The number of likely N-dealkylation sites (N-methyl/N-ethyl adjacent to an activating group) is 1. The van der Waals surface area contributed by atoms with E-state index in [-0.39, 0.29) is 5.60 Å². The summed E-state index contributed by atoms with van der Waals surface area (Å²) in [6, 6.07) is 0.310. The zero-order valence-electron chi connectivity index (χ0n) is 9.73. The van der Waals surface area contributed by atoms with E-state index in [0.717, 1.165) is 6.61 Å². The lowest BCUT2D eigenvalue weighted by Gasteiger charge is -2.37. The van der Waals surface area contributed by atoms with Crippen molar-refractivity contribution in [3.05, 3.63) is 12.2 Å². The lowest BCUT2D eigenvalue weighted by Crippen LogP contribution is -2.50. The van der Waals surface area contributed by atoms with Gasteiger partial charge in [-0.1, -0.05) is 25.0 Å². The molecule has 1 aliphatic carbocycles. The summed E-state index contributed by atoms with van der Waals surface area (Å²) in [7, 11) is 2.00. The minimum Gasteiger partial charge on any atom is -0.373 e. The fourth-order valence-electron chi connectivity index (χ4n) is 2.74. The first kappa shape index (κ1) is 11.7. The van der Waals surface area contributed by atoms with Gasteiger partial charge in [0, 0.05) is 6.61 Å². The molecule has 1 N–H and O–H groups in total. The largest absolute Gasteiger partial charge is 0.373 e. The van der Waals surface area contributed by atoms with Gasteiger partial charge in [0.2, 0.25) is 0 Å². The molecule has 0 aliphatic heterocycles. The van der Waals surface area contributed by atoms with Crippen molar-refractivity contribution in [1.82, 2.24) is 5.32 Å². The SMILES string of the molecule is C=C(C)C(NC)C1(OCC)CCCC1. The van der Waals surface area contributed by atoms with Gasteiger partial charge in [-0.2, -0.15) is 0 Å². The zero-order valence-corrected chi connectivity index (χ0v) is 9.73. The molecule has 1 saturated carbocycles. The van der Waals surface area contributed by atoms with Crippen LogP contribution in [0.2, 0.25) is 0 Å². The summed E-state index contributed by atoms with van der Waals surface area (Å²) in [5.74, 6) is 0. The average Bonchev–Trinajstić information content (AvgIpc) is 2.55. The third-order valence-corrected chi connectivity index (χ3v) is 3.19. The van der Waals surface area contributed by atoms with Crippen molar-refractivity contribution < 1.29 is 4.74 Å². The van der Waals surface area contributed by atoms with Gasteiger partial charge in [-0.25, -0.2) is 0 Å². The summed E-state index contributed by atoms with van der Waals surface area (Å²) in [6.07, 6.45) is 4.90. The van der Waals surface area contributed by atoms with Gasteiger partial charge in [0.05, 0.1) is 11.6 Å². The molecule has 1 unspecified atom stereocenters. The second-order valence-electron chi connectivity index (χ2n) is 4.27. The van der Waals surface area contributed by atoms with E-state index in [1.807, 2.05) is 7.05 Å². The highest BCUT2D eigenvalue weighted by Gasteiger charge is 2.41. The summed E-state index contributed by atoms with van der Waals surface area (Å²) in [5, 5.41) is 3.34. The Bertz CT molecular complexity index is 194. The third kappa shape index (κ3) is 2.18. The maximum atomic E-state index is 5.98. The van der Waals surface area contributed by atoms with Crippen molar-refractivity contribution in [2.75, 3.05) is 13.7 Å². The second kappa shape index (κ2) is 4.94. The van der Waals surface area contributed by atoms with Gasteiger partial charge in [0.25, 0.3) is 0 Å². The number of rotatable bonds is 5. The highest BCUT2D eigenvalue weighted by molar-refractivity contribution is 5.13. The van der Waals surface area contributed by atoms with Crippen LogP contribution in [0.5, 0.6) is 0 Å². The standard InChI is InChI=1S/C12H23NO/c1-5-14-12(8-6-7-9-12)11(13-4)10(2)3/h11,13H,2,5-9H2,1,3-4H3. The van der Waals surface area contributed by atoms with E-state index in [9.17, 15) is 0 Å². The van der Waals surface area contributed by atoms with Crippen LogP contribution in [0, 0.1) is 0 Å². The lowest BCUT2D eigenvalue weighted by atomic mass is 9.88.